The normalized spacial score (nSPS) is 36.2. The topological polar surface area (TPSA) is 35.5 Å². The fraction of sp³-hybridized carbons (Fsp3) is 0.615. The van der Waals surface area contributed by atoms with Gasteiger partial charge < -0.3 is 9.47 Å². The van der Waals surface area contributed by atoms with E-state index in [2.05, 4.69) is 12.2 Å². The minimum absolute atomic E-state index is 0.0124. The quantitative estimate of drug-likeness (QED) is 0.625. The summed E-state index contributed by atoms with van der Waals surface area (Å²) in [6.45, 7) is 5.07. The van der Waals surface area contributed by atoms with Crippen LogP contribution in [0.3, 0.4) is 0 Å². The number of hydrogen-bond acceptors (Lipinski definition) is 3. The molecule has 3 rings (SSSR count). The molecule has 16 heavy (non-hydrogen) atoms. The van der Waals surface area contributed by atoms with Gasteiger partial charge in [-0.15, -0.1) is 0 Å². The van der Waals surface area contributed by atoms with Gasteiger partial charge in [0.15, 0.2) is 0 Å². The van der Waals surface area contributed by atoms with Crippen molar-refractivity contribution in [3.05, 3.63) is 23.3 Å². The number of ketones is 1. The van der Waals surface area contributed by atoms with E-state index in [-0.39, 0.29) is 17.6 Å². The average molecular weight is 220 g/mol. The molecule has 2 aliphatic carbocycles. The van der Waals surface area contributed by atoms with Crippen LogP contribution in [0.2, 0.25) is 0 Å². The molecule has 3 heteroatoms. The van der Waals surface area contributed by atoms with Crippen molar-refractivity contribution in [1.82, 2.24) is 0 Å². The molecule has 2 atom stereocenters. The Kier molecular flexibility index (Phi) is 2.10. The third-order valence-electron chi connectivity index (χ3n) is 4.01. The monoisotopic (exact) mass is 220 g/mol. The highest BCUT2D eigenvalue weighted by Gasteiger charge is 2.54. The number of fused-ring (bicyclic) bond motifs is 1. The number of ether oxygens (including phenoxy) is 2. The molecule has 1 fully saturated rings. The first kappa shape index (κ1) is 10.2. The van der Waals surface area contributed by atoms with E-state index in [1.807, 2.05) is 13.8 Å². The zero-order valence-electron chi connectivity index (χ0n) is 9.66. The fourth-order valence-corrected chi connectivity index (χ4v) is 3.07. The molecule has 3 aliphatic rings. The van der Waals surface area contributed by atoms with Crippen molar-refractivity contribution in [2.24, 2.45) is 11.8 Å². The van der Waals surface area contributed by atoms with Gasteiger partial charge in [-0.05, 0) is 18.9 Å². The Morgan fingerprint density at radius 3 is 2.69 bits per heavy atom. The van der Waals surface area contributed by atoms with Gasteiger partial charge in [-0.25, -0.2) is 0 Å². The summed E-state index contributed by atoms with van der Waals surface area (Å²) in [6, 6.07) is 0. The summed E-state index contributed by atoms with van der Waals surface area (Å²) in [7, 11) is 0. The predicted molar refractivity (Wildman–Crippen MR) is 58.8 cm³/mol. The molecule has 3 nitrogen and oxygen atoms in total. The van der Waals surface area contributed by atoms with Gasteiger partial charge in [-0.2, -0.15) is 0 Å². The molecule has 0 aromatic rings. The maximum absolute atomic E-state index is 12.2. The molecular formula is C13H16O3. The number of hydrogen-bond donors (Lipinski definition) is 0. The highest BCUT2D eigenvalue weighted by atomic mass is 16.7. The Morgan fingerprint density at radius 1 is 1.31 bits per heavy atom. The zero-order chi connectivity index (χ0) is 11.3. The molecule has 1 saturated heterocycles. The largest absolute Gasteiger partial charge is 0.343 e. The molecule has 1 spiro atoms. The molecule has 2 unspecified atom stereocenters. The maximum atomic E-state index is 12.2. The second-order valence-electron chi connectivity index (χ2n) is 4.76. The van der Waals surface area contributed by atoms with Gasteiger partial charge in [0, 0.05) is 11.5 Å². The third kappa shape index (κ3) is 1.08. The lowest BCUT2D eigenvalue weighted by atomic mass is 9.74. The van der Waals surface area contributed by atoms with Crippen LogP contribution in [0.1, 0.15) is 20.3 Å². The lowest BCUT2D eigenvalue weighted by Gasteiger charge is -2.40. The Balaban J connectivity index is 2.15. The molecule has 86 valence electrons. The number of allylic oxidation sites excluding steroid dienone is 2. The molecule has 0 radical (unpaired) electrons. The van der Waals surface area contributed by atoms with Crippen LogP contribution in [0.25, 0.3) is 0 Å². The maximum Gasteiger partial charge on any atom is 0.204 e. The molecule has 0 N–H and O–H groups in total. The first-order valence-corrected chi connectivity index (χ1v) is 5.88. The van der Waals surface area contributed by atoms with Crippen LogP contribution in [0.5, 0.6) is 0 Å². The summed E-state index contributed by atoms with van der Waals surface area (Å²) in [5.74, 6) is -0.722. The van der Waals surface area contributed by atoms with Crippen LogP contribution in [-0.2, 0) is 14.3 Å². The van der Waals surface area contributed by atoms with E-state index in [1.54, 1.807) is 0 Å². The van der Waals surface area contributed by atoms with Gasteiger partial charge in [-0.1, -0.05) is 19.1 Å². The smallest absolute Gasteiger partial charge is 0.204 e. The van der Waals surface area contributed by atoms with Crippen molar-refractivity contribution in [3.8, 4) is 0 Å². The van der Waals surface area contributed by atoms with E-state index in [4.69, 9.17) is 9.47 Å². The van der Waals surface area contributed by atoms with E-state index < -0.39 is 5.79 Å². The summed E-state index contributed by atoms with van der Waals surface area (Å²) < 4.78 is 11.5. The lowest BCUT2D eigenvalue weighted by molar-refractivity contribution is -0.175. The number of Topliss-reactive ketones (excluding diaryl/α,β-unsaturated/α-hetero) is 1. The molecule has 1 heterocycles. The minimum atomic E-state index is -0.772. The molecule has 1 aliphatic heterocycles. The van der Waals surface area contributed by atoms with Gasteiger partial charge in [0.1, 0.15) is 5.78 Å². The predicted octanol–water partition coefficient (Wildman–Crippen LogP) is 1.84. The third-order valence-corrected chi connectivity index (χ3v) is 4.01. The van der Waals surface area contributed by atoms with Crippen molar-refractivity contribution >= 4 is 5.78 Å². The first-order chi connectivity index (χ1) is 7.67. The Hall–Kier alpha value is -0.930. The molecule has 0 aromatic heterocycles. The van der Waals surface area contributed by atoms with E-state index in [0.717, 1.165) is 12.0 Å². The standard InChI is InChI=1S/C13H16O3/c1-8-10-4-3-5-11(10)13(9(2)12(8)14)15-6-7-16-13/h3,5,8-9H,4,6-7H2,1-2H3. The molecular weight excluding hydrogens is 204 g/mol. The van der Waals surface area contributed by atoms with E-state index in [0.29, 0.717) is 13.2 Å². The minimum Gasteiger partial charge on any atom is -0.343 e. The SMILES string of the molecule is CC1C(=O)C(C)C2(OCCO2)C2=C1CC=C2. The Labute approximate surface area is 95.1 Å². The van der Waals surface area contributed by atoms with Crippen LogP contribution in [0, 0.1) is 11.8 Å². The van der Waals surface area contributed by atoms with Gasteiger partial charge in [-0.3, -0.25) is 4.79 Å². The average Bonchev–Trinajstić information content (AvgIpc) is 2.92. The van der Waals surface area contributed by atoms with Crippen LogP contribution < -0.4 is 0 Å². The van der Waals surface area contributed by atoms with Crippen molar-refractivity contribution in [2.45, 2.75) is 26.1 Å². The summed E-state index contributed by atoms with van der Waals surface area (Å²) in [6.07, 6.45) is 5.03. The molecule has 0 aromatic carbocycles. The molecule has 0 saturated carbocycles. The highest BCUT2D eigenvalue weighted by molar-refractivity contribution is 5.89. The Morgan fingerprint density at radius 2 is 2.00 bits per heavy atom. The van der Waals surface area contributed by atoms with Crippen LogP contribution in [0.4, 0.5) is 0 Å². The van der Waals surface area contributed by atoms with E-state index in [1.165, 1.54) is 5.57 Å². The number of carbonyl (C=O) groups is 1. The van der Waals surface area contributed by atoms with Crippen LogP contribution in [0.15, 0.2) is 23.3 Å². The summed E-state index contributed by atoms with van der Waals surface area (Å²) in [5, 5.41) is 0. The van der Waals surface area contributed by atoms with Crippen LogP contribution >= 0.6 is 0 Å². The first-order valence-electron chi connectivity index (χ1n) is 5.88. The van der Waals surface area contributed by atoms with Gasteiger partial charge >= 0.3 is 0 Å². The second-order valence-corrected chi connectivity index (χ2v) is 4.76. The molecule has 0 bridgehead atoms. The van der Waals surface area contributed by atoms with Crippen molar-refractivity contribution in [3.63, 3.8) is 0 Å². The number of carbonyl (C=O) groups excluding carboxylic acids is 1. The molecule has 0 amide bonds. The van der Waals surface area contributed by atoms with Gasteiger partial charge in [0.2, 0.25) is 5.79 Å². The summed E-state index contributed by atoms with van der Waals surface area (Å²) >= 11 is 0. The fourth-order valence-electron chi connectivity index (χ4n) is 3.07. The zero-order valence-corrected chi connectivity index (χ0v) is 9.66. The van der Waals surface area contributed by atoms with Gasteiger partial charge in [0.05, 0.1) is 19.1 Å². The number of rotatable bonds is 0. The van der Waals surface area contributed by atoms with E-state index in [9.17, 15) is 4.79 Å². The Bertz CT molecular complexity index is 399. The van der Waals surface area contributed by atoms with Gasteiger partial charge in [0.25, 0.3) is 0 Å². The van der Waals surface area contributed by atoms with E-state index >= 15 is 0 Å². The van der Waals surface area contributed by atoms with Crippen molar-refractivity contribution in [1.29, 1.82) is 0 Å². The second kappa shape index (κ2) is 3.28. The van der Waals surface area contributed by atoms with Crippen LogP contribution in [-0.4, -0.2) is 24.8 Å². The lowest BCUT2D eigenvalue weighted by Crippen LogP contribution is -2.49. The summed E-state index contributed by atoms with van der Waals surface area (Å²) in [4.78, 5) is 12.2. The summed E-state index contributed by atoms with van der Waals surface area (Å²) in [5.41, 5.74) is 2.29. The van der Waals surface area contributed by atoms with Crippen molar-refractivity contribution in [2.75, 3.05) is 13.2 Å². The van der Waals surface area contributed by atoms with Crippen molar-refractivity contribution < 1.29 is 14.3 Å². The highest BCUT2D eigenvalue weighted by Crippen LogP contribution is 2.47.